The van der Waals surface area contributed by atoms with E-state index in [-0.39, 0.29) is 11.9 Å². The average Bonchev–Trinajstić information content (AvgIpc) is 2.70. The van der Waals surface area contributed by atoms with Gasteiger partial charge < -0.3 is 10.2 Å². The van der Waals surface area contributed by atoms with Crippen molar-refractivity contribution >= 4 is 11.7 Å². The highest BCUT2D eigenvalue weighted by Crippen LogP contribution is 2.25. The third-order valence-corrected chi connectivity index (χ3v) is 5.20. The van der Waals surface area contributed by atoms with Gasteiger partial charge in [0.1, 0.15) is 5.82 Å². The number of anilines is 1. The lowest BCUT2D eigenvalue weighted by Crippen LogP contribution is -2.40. The Morgan fingerprint density at radius 2 is 1.85 bits per heavy atom. The van der Waals surface area contributed by atoms with Gasteiger partial charge in [-0.25, -0.2) is 4.98 Å². The van der Waals surface area contributed by atoms with Crippen molar-refractivity contribution in [3.63, 3.8) is 0 Å². The molecule has 1 fully saturated rings. The van der Waals surface area contributed by atoms with Crippen molar-refractivity contribution in [1.82, 2.24) is 15.2 Å². The highest BCUT2D eigenvalue weighted by atomic mass is 16.1. The van der Waals surface area contributed by atoms with Gasteiger partial charge in [0.25, 0.3) is 5.91 Å². The summed E-state index contributed by atoms with van der Waals surface area (Å²) in [6, 6.07) is 12.5. The van der Waals surface area contributed by atoms with E-state index in [2.05, 4.69) is 46.4 Å². The number of likely N-dealkylation sites (tertiary alicyclic amines) is 1. The minimum absolute atomic E-state index is 0.0686. The maximum Gasteiger partial charge on any atom is 0.255 e. The summed E-state index contributed by atoms with van der Waals surface area (Å²) in [5.74, 6) is 0.626. The van der Waals surface area contributed by atoms with E-state index in [9.17, 15) is 4.79 Å². The molecule has 1 N–H and O–H groups in total. The monoisotopic (exact) mass is 366 g/mol. The van der Waals surface area contributed by atoms with Crippen LogP contribution in [0.25, 0.3) is 0 Å². The number of piperidine rings is 1. The molecule has 0 spiro atoms. The van der Waals surface area contributed by atoms with Crippen molar-refractivity contribution < 1.29 is 4.79 Å². The molecule has 1 aliphatic rings. The van der Waals surface area contributed by atoms with Crippen LogP contribution < -0.4 is 10.2 Å². The smallest absolute Gasteiger partial charge is 0.255 e. The molecule has 3 rings (SSSR count). The molecule has 1 amide bonds. The van der Waals surface area contributed by atoms with Gasteiger partial charge in [-0.05, 0) is 50.6 Å². The Morgan fingerprint density at radius 1 is 1.15 bits per heavy atom. The third-order valence-electron chi connectivity index (χ3n) is 5.20. The summed E-state index contributed by atoms with van der Waals surface area (Å²) in [6.07, 6.45) is 5.47. The average molecular weight is 367 g/mol. The van der Waals surface area contributed by atoms with Crippen LogP contribution in [0.1, 0.15) is 46.8 Å². The van der Waals surface area contributed by atoms with Crippen molar-refractivity contribution in [2.45, 2.75) is 32.2 Å². The normalized spacial score (nSPS) is 16.0. The first-order valence-corrected chi connectivity index (χ1v) is 9.77. The molecule has 5 heteroatoms. The quantitative estimate of drug-likeness (QED) is 0.851. The highest BCUT2D eigenvalue weighted by Gasteiger charge is 2.23. The molecule has 0 bridgehead atoms. The van der Waals surface area contributed by atoms with Crippen molar-refractivity contribution in [1.29, 1.82) is 0 Å². The molecule has 0 saturated carbocycles. The molecule has 0 radical (unpaired) electrons. The molecule has 1 unspecified atom stereocenters. The van der Waals surface area contributed by atoms with Gasteiger partial charge in [-0.1, -0.05) is 36.2 Å². The summed E-state index contributed by atoms with van der Waals surface area (Å²) < 4.78 is 0. The largest absolute Gasteiger partial charge is 0.362 e. The van der Waals surface area contributed by atoms with Gasteiger partial charge >= 0.3 is 0 Å². The number of nitrogens with one attached hydrogen (secondary N) is 1. The summed E-state index contributed by atoms with van der Waals surface area (Å²) in [5, 5.41) is 3.16. The molecule has 1 saturated heterocycles. The molecule has 2 aromatic rings. The first-order chi connectivity index (χ1) is 13.1. The molecule has 0 aliphatic carbocycles. The summed E-state index contributed by atoms with van der Waals surface area (Å²) in [7, 11) is 3.81. The summed E-state index contributed by atoms with van der Waals surface area (Å²) in [5.41, 5.74) is 3.14. The van der Waals surface area contributed by atoms with E-state index in [0.29, 0.717) is 17.9 Å². The number of hydrogen-bond donors (Lipinski definition) is 1. The van der Waals surface area contributed by atoms with Crippen molar-refractivity contribution in [2.24, 2.45) is 0 Å². The molecular formula is C22H30N4O. The van der Waals surface area contributed by atoms with Crippen LogP contribution in [0.4, 0.5) is 5.82 Å². The number of aromatic nitrogens is 1. The van der Waals surface area contributed by atoms with Crippen LogP contribution in [0.3, 0.4) is 0 Å². The molecule has 1 aromatic carbocycles. The standard InChI is InChI=1S/C22H30N4O/c1-17-9-11-18(12-10-17)20(26-14-5-4-6-15-26)16-24-22(27)19-8-7-13-23-21(19)25(2)3/h7-13,20H,4-6,14-16H2,1-3H3,(H,24,27). The van der Waals surface area contributed by atoms with E-state index in [1.807, 2.05) is 31.1 Å². The van der Waals surface area contributed by atoms with Crippen LogP contribution in [0.15, 0.2) is 42.6 Å². The topological polar surface area (TPSA) is 48.5 Å². The van der Waals surface area contributed by atoms with Gasteiger partial charge in [-0.3, -0.25) is 9.69 Å². The predicted octanol–water partition coefficient (Wildman–Crippen LogP) is 3.41. The van der Waals surface area contributed by atoms with Crippen LogP contribution in [0.2, 0.25) is 0 Å². The molecule has 5 nitrogen and oxygen atoms in total. The Bertz CT molecular complexity index is 751. The highest BCUT2D eigenvalue weighted by molar-refractivity contribution is 5.98. The Labute approximate surface area is 162 Å². The lowest BCUT2D eigenvalue weighted by Gasteiger charge is -2.35. The summed E-state index contributed by atoms with van der Waals surface area (Å²) in [6.45, 7) is 4.88. The van der Waals surface area contributed by atoms with E-state index in [1.54, 1.807) is 6.20 Å². The molecule has 144 valence electrons. The minimum Gasteiger partial charge on any atom is -0.362 e. The first kappa shape index (κ1) is 19.4. The maximum atomic E-state index is 12.8. The fraction of sp³-hybridized carbons (Fsp3) is 0.455. The second-order valence-electron chi connectivity index (χ2n) is 7.50. The molecular weight excluding hydrogens is 336 g/mol. The number of aryl methyl sites for hydroxylation is 1. The minimum atomic E-state index is -0.0686. The zero-order valence-electron chi connectivity index (χ0n) is 16.6. The zero-order chi connectivity index (χ0) is 19.2. The lowest BCUT2D eigenvalue weighted by molar-refractivity contribution is 0.0924. The fourth-order valence-corrected chi connectivity index (χ4v) is 3.69. The van der Waals surface area contributed by atoms with Gasteiger partial charge in [-0.2, -0.15) is 0 Å². The van der Waals surface area contributed by atoms with Crippen LogP contribution in [-0.4, -0.2) is 49.5 Å². The zero-order valence-corrected chi connectivity index (χ0v) is 16.6. The molecule has 2 heterocycles. The van der Waals surface area contributed by atoms with Crippen LogP contribution >= 0.6 is 0 Å². The number of pyridine rings is 1. The van der Waals surface area contributed by atoms with Crippen LogP contribution in [0.5, 0.6) is 0 Å². The fourth-order valence-electron chi connectivity index (χ4n) is 3.69. The van der Waals surface area contributed by atoms with Crippen molar-refractivity contribution in [3.8, 4) is 0 Å². The van der Waals surface area contributed by atoms with Gasteiger partial charge in [-0.15, -0.1) is 0 Å². The maximum absolute atomic E-state index is 12.8. The Morgan fingerprint density at radius 3 is 2.52 bits per heavy atom. The summed E-state index contributed by atoms with van der Waals surface area (Å²) >= 11 is 0. The van der Waals surface area contributed by atoms with Crippen LogP contribution in [-0.2, 0) is 0 Å². The Hall–Kier alpha value is -2.40. The molecule has 1 aromatic heterocycles. The number of carbonyl (C=O) groups is 1. The Kier molecular flexibility index (Phi) is 6.45. The van der Waals surface area contributed by atoms with Gasteiger partial charge in [0.15, 0.2) is 0 Å². The number of hydrogen-bond acceptors (Lipinski definition) is 4. The van der Waals surface area contributed by atoms with Gasteiger partial charge in [0, 0.05) is 26.8 Å². The van der Waals surface area contributed by atoms with E-state index in [1.165, 1.54) is 30.4 Å². The predicted molar refractivity (Wildman–Crippen MR) is 110 cm³/mol. The lowest BCUT2D eigenvalue weighted by atomic mass is 10.0. The van der Waals surface area contributed by atoms with Crippen molar-refractivity contribution in [3.05, 3.63) is 59.3 Å². The van der Waals surface area contributed by atoms with E-state index < -0.39 is 0 Å². The number of nitrogens with zero attached hydrogens (tertiary/aromatic N) is 3. The molecule has 1 atom stereocenters. The van der Waals surface area contributed by atoms with Crippen molar-refractivity contribution in [2.75, 3.05) is 38.6 Å². The van der Waals surface area contributed by atoms with Gasteiger partial charge in [0.2, 0.25) is 0 Å². The molecule has 27 heavy (non-hydrogen) atoms. The number of rotatable bonds is 6. The second-order valence-corrected chi connectivity index (χ2v) is 7.50. The first-order valence-electron chi connectivity index (χ1n) is 9.77. The van der Waals surface area contributed by atoms with E-state index in [0.717, 1.165) is 13.1 Å². The second kappa shape index (κ2) is 9.00. The van der Waals surface area contributed by atoms with E-state index in [4.69, 9.17) is 0 Å². The number of amides is 1. The van der Waals surface area contributed by atoms with Crippen LogP contribution in [0, 0.1) is 6.92 Å². The third kappa shape index (κ3) is 4.86. The number of carbonyl (C=O) groups excluding carboxylic acids is 1. The number of benzene rings is 1. The molecule has 1 aliphatic heterocycles. The van der Waals surface area contributed by atoms with Gasteiger partial charge in [0.05, 0.1) is 11.6 Å². The summed E-state index contributed by atoms with van der Waals surface area (Å²) in [4.78, 5) is 21.6. The Balaban J connectivity index is 1.76. The SMILES string of the molecule is Cc1ccc(C(CNC(=O)c2cccnc2N(C)C)N2CCCCC2)cc1. The van der Waals surface area contributed by atoms with E-state index >= 15 is 0 Å².